The zero-order chi connectivity index (χ0) is 23.2. The molecule has 0 radical (unpaired) electrons. The number of nitrogens with one attached hydrogen (secondary N) is 2. The lowest BCUT2D eigenvalue weighted by Crippen LogP contribution is -2.35. The van der Waals surface area contributed by atoms with Crippen LogP contribution in [-0.2, 0) is 6.42 Å². The van der Waals surface area contributed by atoms with Crippen molar-refractivity contribution in [3.63, 3.8) is 0 Å². The van der Waals surface area contributed by atoms with Crippen LogP contribution in [0.3, 0.4) is 0 Å². The Balaban J connectivity index is 1.30. The number of urea groups is 1. The Morgan fingerprint density at radius 3 is 2.55 bits per heavy atom. The molecule has 0 fully saturated rings. The molecule has 0 saturated carbocycles. The van der Waals surface area contributed by atoms with Gasteiger partial charge in [0.05, 0.1) is 16.8 Å². The number of carbonyl (C=O) groups excluding carboxylic acids is 2. The van der Waals surface area contributed by atoms with Crippen molar-refractivity contribution in [2.24, 2.45) is 0 Å². The van der Waals surface area contributed by atoms with E-state index in [9.17, 15) is 14.0 Å². The summed E-state index contributed by atoms with van der Waals surface area (Å²) >= 11 is 4.27. The van der Waals surface area contributed by atoms with Crippen molar-refractivity contribution in [1.29, 1.82) is 0 Å². The molecule has 33 heavy (non-hydrogen) atoms. The number of aromatic nitrogens is 1. The first-order valence-corrected chi connectivity index (χ1v) is 10.7. The molecule has 3 amide bonds. The number of benzene rings is 3. The molecule has 2 N–H and O–H groups in total. The van der Waals surface area contributed by atoms with Gasteiger partial charge >= 0.3 is 6.03 Å². The van der Waals surface area contributed by atoms with Crippen LogP contribution in [-0.4, -0.2) is 23.5 Å². The molecule has 1 heterocycles. The van der Waals surface area contributed by atoms with Gasteiger partial charge in [-0.25, -0.2) is 13.5 Å². The highest BCUT2D eigenvalue weighted by molar-refractivity contribution is 7.82. The average Bonchev–Trinajstić information content (AvgIpc) is 2.84. The highest BCUT2D eigenvalue weighted by atomic mass is 32.1. The van der Waals surface area contributed by atoms with E-state index in [-0.39, 0.29) is 11.6 Å². The molecule has 0 saturated heterocycles. The SMILES string of the molecule is O=C(Nc1ccc(N(S)C(=O)NCCc2ccc3ncccc3c2)cc1)c1ccccc1F. The normalized spacial score (nSPS) is 10.6. The third kappa shape index (κ3) is 5.48. The third-order valence-electron chi connectivity index (χ3n) is 5.04. The lowest BCUT2D eigenvalue weighted by atomic mass is 10.1. The van der Waals surface area contributed by atoms with Crippen molar-refractivity contribution in [3.8, 4) is 0 Å². The lowest BCUT2D eigenvalue weighted by molar-refractivity contribution is 0.102. The minimum Gasteiger partial charge on any atom is -0.337 e. The zero-order valence-corrected chi connectivity index (χ0v) is 18.4. The fourth-order valence-corrected chi connectivity index (χ4v) is 3.52. The maximum atomic E-state index is 13.8. The fourth-order valence-electron chi connectivity index (χ4n) is 3.32. The fraction of sp³-hybridized carbons (Fsp3) is 0.0800. The topological polar surface area (TPSA) is 74.3 Å². The first-order chi connectivity index (χ1) is 16.0. The highest BCUT2D eigenvalue weighted by Gasteiger charge is 2.13. The lowest BCUT2D eigenvalue weighted by Gasteiger charge is -2.17. The van der Waals surface area contributed by atoms with Crippen LogP contribution in [0.4, 0.5) is 20.6 Å². The Morgan fingerprint density at radius 2 is 1.76 bits per heavy atom. The van der Waals surface area contributed by atoms with Gasteiger partial charge in [-0.2, -0.15) is 0 Å². The molecule has 0 spiro atoms. The van der Waals surface area contributed by atoms with Gasteiger partial charge in [0.15, 0.2) is 0 Å². The monoisotopic (exact) mass is 460 g/mol. The van der Waals surface area contributed by atoms with Crippen LogP contribution in [0.2, 0.25) is 0 Å². The van der Waals surface area contributed by atoms with Gasteiger partial charge in [-0.1, -0.05) is 37.1 Å². The third-order valence-corrected chi connectivity index (χ3v) is 5.45. The summed E-state index contributed by atoms with van der Waals surface area (Å²) in [6.07, 6.45) is 2.42. The molecular formula is C25H21FN4O2S. The summed E-state index contributed by atoms with van der Waals surface area (Å²) in [6.45, 7) is 0.443. The number of carbonyl (C=O) groups is 2. The van der Waals surface area contributed by atoms with Crippen LogP contribution in [0.5, 0.6) is 0 Å². The van der Waals surface area contributed by atoms with Gasteiger partial charge in [0.2, 0.25) is 0 Å². The zero-order valence-electron chi connectivity index (χ0n) is 17.5. The van der Waals surface area contributed by atoms with Crippen LogP contribution < -0.4 is 14.9 Å². The van der Waals surface area contributed by atoms with E-state index in [4.69, 9.17) is 0 Å². The van der Waals surface area contributed by atoms with E-state index in [2.05, 4.69) is 34.5 Å². The molecule has 0 bridgehead atoms. The minimum absolute atomic E-state index is 0.0422. The number of pyridine rings is 1. The summed E-state index contributed by atoms with van der Waals surface area (Å²) in [5, 5.41) is 6.52. The summed E-state index contributed by atoms with van der Waals surface area (Å²) in [4.78, 5) is 29.0. The molecule has 4 aromatic rings. The largest absolute Gasteiger partial charge is 0.337 e. The first-order valence-electron chi connectivity index (χ1n) is 10.3. The minimum atomic E-state index is -0.592. The van der Waals surface area contributed by atoms with E-state index in [1.165, 1.54) is 22.5 Å². The van der Waals surface area contributed by atoms with E-state index >= 15 is 0 Å². The highest BCUT2D eigenvalue weighted by Crippen LogP contribution is 2.21. The van der Waals surface area contributed by atoms with Crippen molar-refractivity contribution in [2.75, 3.05) is 16.2 Å². The molecule has 0 atom stereocenters. The number of thiol groups is 1. The number of amides is 3. The average molecular weight is 461 g/mol. The van der Waals surface area contributed by atoms with Crippen molar-refractivity contribution in [1.82, 2.24) is 10.3 Å². The molecular weight excluding hydrogens is 439 g/mol. The summed E-state index contributed by atoms with van der Waals surface area (Å²) in [7, 11) is 0. The quantitative estimate of drug-likeness (QED) is 0.345. The predicted molar refractivity (Wildman–Crippen MR) is 131 cm³/mol. The number of hydrogen-bond donors (Lipinski definition) is 3. The van der Waals surface area contributed by atoms with Crippen molar-refractivity contribution in [2.45, 2.75) is 6.42 Å². The molecule has 0 aliphatic carbocycles. The van der Waals surface area contributed by atoms with Gasteiger partial charge in [-0.3, -0.25) is 9.78 Å². The van der Waals surface area contributed by atoms with Gasteiger partial charge in [-0.15, -0.1) is 0 Å². The van der Waals surface area contributed by atoms with E-state index in [0.29, 0.717) is 24.3 Å². The Kier molecular flexibility index (Phi) is 6.85. The Morgan fingerprint density at radius 1 is 0.970 bits per heavy atom. The van der Waals surface area contributed by atoms with Crippen molar-refractivity contribution in [3.05, 3.63) is 102 Å². The smallest absolute Gasteiger partial charge is 0.331 e. The summed E-state index contributed by atoms with van der Waals surface area (Å²) in [6, 6.07) is 21.8. The second kappa shape index (κ2) is 10.1. The molecule has 6 nitrogen and oxygen atoms in total. The van der Waals surface area contributed by atoms with Crippen LogP contribution in [0.25, 0.3) is 10.9 Å². The number of hydrogen-bond acceptors (Lipinski definition) is 4. The van der Waals surface area contributed by atoms with E-state index in [1.807, 2.05) is 24.3 Å². The maximum Gasteiger partial charge on any atom is 0.331 e. The van der Waals surface area contributed by atoms with Gasteiger partial charge in [-0.05, 0) is 66.6 Å². The van der Waals surface area contributed by atoms with Crippen LogP contribution in [0.15, 0.2) is 85.1 Å². The number of fused-ring (bicyclic) bond motifs is 1. The van der Waals surface area contributed by atoms with Crippen LogP contribution >= 0.6 is 12.8 Å². The number of rotatable bonds is 6. The predicted octanol–water partition coefficient (Wildman–Crippen LogP) is 5.23. The molecule has 1 aromatic heterocycles. The molecule has 0 aliphatic heterocycles. The standard InChI is InChI=1S/C25H21FN4O2S/c26-22-6-2-1-5-21(22)24(31)29-19-8-10-20(11-9-19)30(33)25(32)28-15-13-17-7-12-23-18(16-17)4-3-14-27-23/h1-12,14,16,33H,13,15H2,(H,28,32)(H,29,31). The molecule has 0 aliphatic rings. The van der Waals surface area contributed by atoms with Gasteiger partial charge in [0.1, 0.15) is 5.82 Å². The van der Waals surface area contributed by atoms with E-state index in [0.717, 1.165) is 16.5 Å². The summed E-state index contributed by atoms with van der Waals surface area (Å²) < 4.78 is 14.9. The van der Waals surface area contributed by atoms with Gasteiger partial charge < -0.3 is 10.6 Å². The second-order valence-corrected chi connectivity index (χ2v) is 7.71. The van der Waals surface area contributed by atoms with Crippen molar-refractivity contribution >= 4 is 47.0 Å². The first kappa shape index (κ1) is 22.3. The maximum absolute atomic E-state index is 13.8. The van der Waals surface area contributed by atoms with Crippen molar-refractivity contribution < 1.29 is 14.0 Å². The second-order valence-electron chi connectivity index (χ2n) is 7.31. The molecule has 8 heteroatoms. The number of halogens is 1. The summed E-state index contributed by atoms with van der Waals surface area (Å²) in [5.41, 5.74) is 2.98. The number of anilines is 2. The van der Waals surface area contributed by atoms with Crippen LogP contribution in [0, 0.1) is 5.82 Å². The van der Waals surface area contributed by atoms with Gasteiger partial charge in [0, 0.05) is 23.8 Å². The Labute approximate surface area is 196 Å². The van der Waals surface area contributed by atoms with Crippen LogP contribution in [0.1, 0.15) is 15.9 Å². The van der Waals surface area contributed by atoms with E-state index in [1.54, 1.807) is 36.5 Å². The molecule has 166 valence electrons. The molecule has 4 rings (SSSR count). The molecule has 0 unspecified atom stereocenters. The Bertz CT molecular complexity index is 1300. The Hall–Kier alpha value is -3.91. The van der Waals surface area contributed by atoms with Gasteiger partial charge in [0.25, 0.3) is 5.91 Å². The number of nitrogens with zero attached hydrogens (tertiary/aromatic N) is 2. The summed E-state index contributed by atoms with van der Waals surface area (Å²) in [5.74, 6) is -1.14. The molecule has 3 aromatic carbocycles. The van der Waals surface area contributed by atoms with E-state index < -0.39 is 11.7 Å².